The van der Waals surface area contributed by atoms with Crippen LogP contribution in [0, 0.1) is 0 Å². The van der Waals surface area contributed by atoms with Gasteiger partial charge in [-0.15, -0.1) is 0 Å². The Bertz CT molecular complexity index is 769. The molecule has 202 valence electrons. The molecule has 2 saturated heterocycles. The number of carboxylic acids is 1. The fourth-order valence-electron chi connectivity index (χ4n) is 4.22. The number of carboxylic acid groups (broad SMARTS) is 1. The Morgan fingerprint density at radius 1 is 1.06 bits per heavy atom. The molecule has 0 spiro atoms. The summed E-state index contributed by atoms with van der Waals surface area (Å²) >= 11 is 0. The average Bonchev–Trinajstić information content (AvgIpc) is 2.78. The second-order valence-corrected chi connectivity index (χ2v) is 8.78. The van der Waals surface area contributed by atoms with Crippen molar-refractivity contribution in [3.8, 4) is 0 Å². The molecule has 9 N–H and O–H groups in total. The Balaban J connectivity index is 2.25. The van der Waals surface area contributed by atoms with E-state index in [2.05, 4.69) is 10.6 Å². The number of ether oxygens (including phenoxy) is 3. The van der Waals surface area contributed by atoms with Gasteiger partial charge in [-0.25, -0.2) is 4.79 Å². The normalized spacial score (nSPS) is 39.3. The van der Waals surface area contributed by atoms with Crippen LogP contribution in [0.15, 0.2) is 0 Å². The van der Waals surface area contributed by atoms with Crippen LogP contribution in [-0.4, -0.2) is 133 Å². The lowest BCUT2D eigenvalue weighted by Crippen LogP contribution is -2.68. The van der Waals surface area contributed by atoms with E-state index in [1.165, 1.54) is 13.8 Å². The van der Waals surface area contributed by atoms with Crippen LogP contribution in [0.4, 0.5) is 0 Å². The second-order valence-electron chi connectivity index (χ2n) is 8.78. The molecule has 0 aliphatic carbocycles. The number of amides is 2. The van der Waals surface area contributed by atoms with Crippen molar-refractivity contribution in [2.24, 2.45) is 0 Å². The minimum atomic E-state index is -2.62. The maximum atomic E-state index is 12.2. The predicted octanol–water partition coefficient (Wildman–Crippen LogP) is -4.83. The highest BCUT2D eigenvalue weighted by molar-refractivity contribution is 5.76. The van der Waals surface area contributed by atoms with Crippen LogP contribution < -0.4 is 10.6 Å². The van der Waals surface area contributed by atoms with Gasteiger partial charge >= 0.3 is 5.97 Å². The smallest absolute Gasteiger partial charge is 0.364 e. The fourth-order valence-corrected chi connectivity index (χ4v) is 4.22. The molecule has 0 aromatic carbocycles. The number of rotatable bonds is 9. The van der Waals surface area contributed by atoms with Crippen LogP contribution in [0.5, 0.6) is 0 Å². The highest BCUT2D eigenvalue weighted by Crippen LogP contribution is 2.34. The maximum absolute atomic E-state index is 12.2. The Kier molecular flexibility index (Phi) is 9.92. The fraction of sp³-hybridized carbons (Fsp3) is 0.850. The zero-order valence-corrected chi connectivity index (χ0v) is 19.5. The van der Waals surface area contributed by atoms with Gasteiger partial charge in [-0.2, -0.15) is 0 Å². The van der Waals surface area contributed by atoms with Gasteiger partial charge in [0.05, 0.1) is 37.5 Å². The third kappa shape index (κ3) is 6.63. The van der Waals surface area contributed by atoms with E-state index in [0.29, 0.717) is 0 Å². The standard InChI is InChI=1S/C20H34N2O13/c1-7-13(21-8(2)24)17(30)16(29)12(34-7)6-33-20(19(31)32)4-10(26)14(22-9(3)25)18(35-20)15(28)11(27)5-23/h7,10-18,23,26-30H,4-6H2,1-3H3,(H,21,24)(H,22,25)(H,31,32)/t7-,10+,11-,12-,13+,14-,15-,16+,17-,18-,20-/m1/s1. The lowest BCUT2D eigenvalue weighted by Gasteiger charge is -2.47. The molecule has 2 amide bonds. The quantitative estimate of drug-likeness (QED) is 0.141. The van der Waals surface area contributed by atoms with E-state index < -0.39 is 104 Å². The highest BCUT2D eigenvalue weighted by Gasteiger charge is 2.56. The molecule has 35 heavy (non-hydrogen) atoms. The first-order valence-electron chi connectivity index (χ1n) is 11.0. The van der Waals surface area contributed by atoms with E-state index in [1.54, 1.807) is 0 Å². The largest absolute Gasteiger partial charge is 0.477 e. The summed E-state index contributed by atoms with van der Waals surface area (Å²) in [5.74, 6) is -5.47. The first-order chi connectivity index (χ1) is 16.2. The molecule has 2 rings (SSSR count). The Morgan fingerprint density at radius 3 is 2.14 bits per heavy atom. The van der Waals surface area contributed by atoms with Crippen LogP contribution in [0.25, 0.3) is 0 Å². The van der Waals surface area contributed by atoms with Gasteiger partial charge in [-0.3, -0.25) is 9.59 Å². The summed E-state index contributed by atoms with van der Waals surface area (Å²) in [6.07, 6.45) is -13.0. The SMILES string of the molecule is CC(=O)N[C@@H]1[C@@H](O)[C@@H](O)[C@@H](CO[C@]2(C(=O)O)C[C@H](O)[C@@H](NC(C)=O)[C@H]([C@H](O)[C@H](O)CO)O2)O[C@@H]1C. The topological polar surface area (TPSA) is 245 Å². The number of carbonyl (C=O) groups is 3. The molecule has 11 atom stereocenters. The van der Waals surface area contributed by atoms with Crippen LogP contribution in [-0.2, 0) is 28.6 Å². The first-order valence-corrected chi connectivity index (χ1v) is 11.0. The summed E-state index contributed by atoms with van der Waals surface area (Å²) in [7, 11) is 0. The molecule has 0 aromatic rings. The van der Waals surface area contributed by atoms with Crippen molar-refractivity contribution in [2.45, 2.75) is 93.9 Å². The van der Waals surface area contributed by atoms with Crippen molar-refractivity contribution in [1.82, 2.24) is 10.6 Å². The highest BCUT2D eigenvalue weighted by atomic mass is 16.7. The monoisotopic (exact) mass is 510 g/mol. The van der Waals surface area contributed by atoms with Crippen LogP contribution in [0.1, 0.15) is 27.2 Å². The average molecular weight is 510 g/mol. The summed E-state index contributed by atoms with van der Waals surface area (Å²) in [6.45, 7) is 2.24. The van der Waals surface area contributed by atoms with Crippen LogP contribution in [0.2, 0.25) is 0 Å². The van der Waals surface area contributed by atoms with Gasteiger partial charge in [0.25, 0.3) is 5.79 Å². The molecular weight excluding hydrogens is 476 g/mol. The molecule has 15 nitrogen and oxygen atoms in total. The minimum absolute atomic E-state index is 0.468. The summed E-state index contributed by atoms with van der Waals surface area (Å²) in [5, 5.41) is 75.5. The molecule has 2 aliphatic heterocycles. The molecule has 2 fully saturated rings. The van der Waals surface area contributed by atoms with E-state index in [4.69, 9.17) is 14.2 Å². The van der Waals surface area contributed by atoms with Gasteiger partial charge in [0.1, 0.15) is 36.6 Å². The van der Waals surface area contributed by atoms with Gasteiger partial charge in [-0.1, -0.05) is 0 Å². The summed E-state index contributed by atoms with van der Waals surface area (Å²) < 4.78 is 16.5. The molecule has 0 bridgehead atoms. The van der Waals surface area contributed by atoms with Crippen molar-refractivity contribution in [1.29, 1.82) is 0 Å². The van der Waals surface area contributed by atoms with Gasteiger partial charge in [0, 0.05) is 20.3 Å². The third-order valence-electron chi connectivity index (χ3n) is 6.03. The summed E-state index contributed by atoms with van der Waals surface area (Å²) in [4.78, 5) is 35.1. The van der Waals surface area contributed by atoms with E-state index in [-0.39, 0.29) is 0 Å². The Labute approximate surface area is 200 Å². The Morgan fingerprint density at radius 2 is 1.63 bits per heavy atom. The first kappa shape index (κ1) is 29.3. The molecule has 0 saturated carbocycles. The van der Waals surface area contributed by atoms with Gasteiger partial charge in [0.2, 0.25) is 11.8 Å². The van der Waals surface area contributed by atoms with Crippen molar-refractivity contribution in [2.75, 3.05) is 13.2 Å². The van der Waals surface area contributed by atoms with Gasteiger partial charge in [0.15, 0.2) is 0 Å². The number of aliphatic hydroxyl groups is 6. The number of carbonyl (C=O) groups excluding carboxylic acids is 2. The van der Waals surface area contributed by atoms with Crippen molar-refractivity contribution in [3.63, 3.8) is 0 Å². The Hall–Kier alpha value is -1.95. The van der Waals surface area contributed by atoms with Crippen LogP contribution in [0.3, 0.4) is 0 Å². The van der Waals surface area contributed by atoms with Crippen molar-refractivity contribution < 1.29 is 64.3 Å². The molecule has 2 aliphatic rings. The van der Waals surface area contributed by atoms with Gasteiger partial charge < -0.3 is 60.6 Å². The molecular formula is C20H34N2O13. The lowest BCUT2D eigenvalue weighted by molar-refractivity contribution is -0.321. The van der Waals surface area contributed by atoms with E-state index in [1.807, 2.05) is 0 Å². The lowest BCUT2D eigenvalue weighted by atomic mass is 9.88. The zero-order chi connectivity index (χ0) is 26.7. The number of nitrogens with one attached hydrogen (secondary N) is 2. The van der Waals surface area contributed by atoms with E-state index >= 15 is 0 Å². The second kappa shape index (κ2) is 11.9. The number of hydrogen-bond donors (Lipinski definition) is 9. The third-order valence-corrected chi connectivity index (χ3v) is 6.03. The molecule has 0 aromatic heterocycles. The van der Waals surface area contributed by atoms with E-state index in [0.717, 1.165) is 6.92 Å². The number of aliphatic carboxylic acids is 1. The molecule has 15 heteroatoms. The number of hydrogen-bond acceptors (Lipinski definition) is 12. The molecule has 0 radical (unpaired) electrons. The maximum Gasteiger partial charge on any atom is 0.364 e. The van der Waals surface area contributed by atoms with Crippen molar-refractivity contribution >= 4 is 17.8 Å². The summed E-state index contributed by atoms with van der Waals surface area (Å²) in [6, 6.07) is -2.31. The zero-order valence-electron chi connectivity index (χ0n) is 19.5. The molecule has 2 heterocycles. The number of aliphatic hydroxyl groups excluding tert-OH is 6. The van der Waals surface area contributed by atoms with Gasteiger partial charge in [-0.05, 0) is 6.92 Å². The van der Waals surface area contributed by atoms with E-state index in [9.17, 15) is 50.1 Å². The minimum Gasteiger partial charge on any atom is -0.477 e. The summed E-state index contributed by atoms with van der Waals surface area (Å²) in [5.41, 5.74) is 0. The molecule has 0 unspecified atom stereocenters. The van der Waals surface area contributed by atoms with Crippen LogP contribution >= 0.6 is 0 Å². The van der Waals surface area contributed by atoms with Crippen molar-refractivity contribution in [3.05, 3.63) is 0 Å². The predicted molar refractivity (Wildman–Crippen MR) is 112 cm³/mol.